The highest BCUT2D eigenvalue weighted by atomic mass is 35.5. The summed E-state index contributed by atoms with van der Waals surface area (Å²) in [6.45, 7) is 8.00. The molecular weight excluding hydrogens is 508 g/mol. The molecule has 39 heavy (non-hydrogen) atoms. The minimum atomic E-state index is -0.189. The lowest BCUT2D eigenvalue weighted by molar-refractivity contribution is 0.0764. The summed E-state index contributed by atoms with van der Waals surface area (Å²) < 4.78 is 0. The smallest absolute Gasteiger partial charge is 0.253 e. The Bertz CT molecular complexity index is 1400. The van der Waals surface area contributed by atoms with E-state index in [4.69, 9.17) is 11.6 Å². The molecule has 2 aromatic carbocycles. The van der Waals surface area contributed by atoms with Gasteiger partial charge in [0.05, 0.1) is 16.6 Å². The van der Waals surface area contributed by atoms with Gasteiger partial charge in [-0.25, -0.2) is 0 Å². The first-order valence-corrected chi connectivity index (χ1v) is 14.3. The molecule has 7 heteroatoms. The highest BCUT2D eigenvalue weighted by molar-refractivity contribution is 6.33. The number of aromatic nitrogens is 1. The Morgan fingerprint density at radius 2 is 1.69 bits per heavy atom. The van der Waals surface area contributed by atoms with Crippen molar-refractivity contribution in [2.75, 3.05) is 31.1 Å². The van der Waals surface area contributed by atoms with E-state index < -0.39 is 0 Å². The number of benzene rings is 2. The predicted molar refractivity (Wildman–Crippen MR) is 154 cm³/mol. The van der Waals surface area contributed by atoms with Crippen LogP contribution >= 0.6 is 11.6 Å². The van der Waals surface area contributed by atoms with Gasteiger partial charge in [0.2, 0.25) is 0 Å². The molecule has 2 fully saturated rings. The summed E-state index contributed by atoms with van der Waals surface area (Å²) in [7, 11) is 0. The van der Waals surface area contributed by atoms with Crippen molar-refractivity contribution in [3.05, 3.63) is 94.3 Å². The van der Waals surface area contributed by atoms with Gasteiger partial charge in [-0.05, 0) is 84.0 Å². The predicted octanol–water partition coefficient (Wildman–Crippen LogP) is 6.02. The lowest BCUT2D eigenvalue weighted by Gasteiger charge is -2.40. The fourth-order valence-electron chi connectivity index (χ4n) is 6.83. The van der Waals surface area contributed by atoms with Gasteiger partial charge in [-0.2, -0.15) is 0 Å². The van der Waals surface area contributed by atoms with Crippen LogP contribution in [0.3, 0.4) is 0 Å². The average molecular weight is 543 g/mol. The van der Waals surface area contributed by atoms with E-state index in [1.807, 2.05) is 41.6 Å². The maximum absolute atomic E-state index is 13.7. The van der Waals surface area contributed by atoms with Gasteiger partial charge in [0.1, 0.15) is 0 Å². The first-order chi connectivity index (χ1) is 18.7. The van der Waals surface area contributed by atoms with E-state index in [2.05, 4.69) is 47.2 Å². The van der Waals surface area contributed by atoms with Crippen LogP contribution in [0, 0.1) is 5.41 Å². The van der Waals surface area contributed by atoms with Crippen molar-refractivity contribution in [3.8, 4) is 0 Å². The number of hydrogen-bond donors (Lipinski definition) is 1. The molecule has 1 aromatic heterocycles. The molecule has 202 valence electrons. The topological polar surface area (TPSA) is 65.5 Å². The van der Waals surface area contributed by atoms with Gasteiger partial charge < -0.3 is 15.1 Å². The number of halogens is 1. The minimum Gasteiger partial charge on any atom is -0.371 e. The maximum Gasteiger partial charge on any atom is 0.253 e. The maximum atomic E-state index is 13.7. The highest BCUT2D eigenvalue weighted by Gasteiger charge is 2.43. The van der Waals surface area contributed by atoms with Crippen LogP contribution in [0.25, 0.3) is 0 Å². The van der Waals surface area contributed by atoms with E-state index in [9.17, 15) is 9.59 Å². The second-order valence-corrected chi connectivity index (χ2v) is 12.5. The van der Waals surface area contributed by atoms with Gasteiger partial charge in [0.25, 0.3) is 11.8 Å². The van der Waals surface area contributed by atoms with Crippen LogP contribution in [0.4, 0.5) is 5.69 Å². The first-order valence-electron chi connectivity index (χ1n) is 13.9. The summed E-state index contributed by atoms with van der Waals surface area (Å²) in [5.41, 5.74) is 4.71. The molecule has 6 rings (SSSR count). The summed E-state index contributed by atoms with van der Waals surface area (Å²) in [5, 5.41) is 3.63. The molecular formula is C32H35ClN4O2. The van der Waals surface area contributed by atoms with Gasteiger partial charge in [-0.3, -0.25) is 14.6 Å². The number of fused-ring (bicyclic) bond motifs is 1. The second-order valence-electron chi connectivity index (χ2n) is 12.1. The molecule has 3 aliphatic rings. The van der Waals surface area contributed by atoms with Crippen molar-refractivity contribution in [2.24, 2.45) is 5.41 Å². The van der Waals surface area contributed by atoms with Crippen molar-refractivity contribution in [2.45, 2.75) is 51.0 Å². The number of carbonyl (C=O) groups is 2. The number of piperidine rings is 1. The van der Waals surface area contributed by atoms with E-state index >= 15 is 0 Å². The SMILES string of the molecule is CC1(C)CC(NC(=O)c2ccccc2Cl)c2cc(C(=O)N3CCC4(CCN(c5ccncc5)CC4)C3)ccc21. The van der Waals surface area contributed by atoms with Gasteiger partial charge in [0.15, 0.2) is 0 Å². The molecule has 1 unspecified atom stereocenters. The third-order valence-electron chi connectivity index (χ3n) is 9.12. The lowest BCUT2D eigenvalue weighted by Crippen LogP contribution is -2.42. The van der Waals surface area contributed by atoms with Crippen LogP contribution < -0.4 is 10.2 Å². The van der Waals surface area contributed by atoms with E-state index in [1.165, 1.54) is 11.3 Å². The molecule has 1 N–H and O–H groups in total. The number of nitrogens with zero attached hydrogens (tertiary/aromatic N) is 3. The molecule has 3 heterocycles. The van der Waals surface area contributed by atoms with Gasteiger partial charge in [0, 0.05) is 49.8 Å². The average Bonchev–Trinajstić information content (AvgIpc) is 3.47. The third-order valence-corrected chi connectivity index (χ3v) is 9.45. The normalized spacial score (nSPS) is 21.2. The Labute approximate surface area is 235 Å². The summed E-state index contributed by atoms with van der Waals surface area (Å²) in [4.78, 5) is 35.4. The number of anilines is 1. The first kappa shape index (κ1) is 25.9. The molecule has 2 saturated heterocycles. The van der Waals surface area contributed by atoms with E-state index in [0.717, 1.165) is 57.4 Å². The zero-order valence-electron chi connectivity index (χ0n) is 22.6. The molecule has 1 aliphatic carbocycles. The van der Waals surface area contributed by atoms with Crippen LogP contribution in [0.5, 0.6) is 0 Å². The van der Waals surface area contributed by atoms with E-state index in [1.54, 1.807) is 12.1 Å². The largest absolute Gasteiger partial charge is 0.371 e. The number of amides is 2. The number of nitrogens with one attached hydrogen (secondary N) is 1. The highest BCUT2D eigenvalue weighted by Crippen LogP contribution is 2.46. The lowest BCUT2D eigenvalue weighted by atomic mass is 9.77. The van der Waals surface area contributed by atoms with Crippen LogP contribution in [0.1, 0.15) is 77.4 Å². The number of likely N-dealkylation sites (tertiary alicyclic amines) is 1. The van der Waals surface area contributed by atoms with Crippen molar-refractivity contribution in [1.82, 2.24) is 15.2 Å². The minimum absolute atomic E-state index is 0.0899. The van der Waals surface area contributed by atoms with Gasteiger partial charge >= 0.3 is 0 Å². The molecule has 1 atom stereocenters. The Hall–Kier alpha value is -3.38. The summed E-state index contributed by atoms with van der Waals surface area (Å²) >= 11 is 6.28. The van der Waals surface area contributed by atoms with Crippen molar-refractivity contribution >= 4 is 29.1 Å². The Morgan fingerprint density at radius 1 is 0.974 bits per heavy atom. The van der Waals surface area contributed by atoms with Crippen molar-refractivity contribution < 1.29 is 9.59 Å². The van der Waals surface area contributed by atoms with E-state index in [-0.39, 0.29) is 28.7 Å². The molecule has 6 nitrogen and oxygen atoms in total. The van der Waals surface area contributed by atoms with Crippen LogP contribution in [0.2, 0.25) is 5.02 Å². The molecule has 3 aromatic rings. The zero-order chi connectivity index (χ0) is 27.2. The van der Waals surface area contributed by atoms with Gasteiger partial charge in [-0.1, -0.05) is 43.6 Å². The molecule has 1 spiro atoms. The number of carbonyl (C=O) groups excluding carboxylic acids is 2. The Balaban J connectivity index is 1.16. The molecule has 2 aliphatic heterocycles. The van der Waals surface area contributed by atoms with Crippen molar-refractivity contribution in [3.63, 3.8) is 0 Å². The molecule has 0 saturated carbocycles. The van der Waals surface area contributed by atoms with Crippen molar-refractivity contribution in [1.29, 1.82) is 0 Å². The third kappa shape index (κ3) is 4.91. The fraction of sp³-hybridized carbons (Fsp3) is 0.406. The Kier molecular flexibility index (Phi) is 6.62. The zero-order valence-corrected chi connectivity index (χ0v) is 23.4. The monoisotopic (exact) mass is 542 g/mol. The number of pyridine rings is 1. The number of rotatable bonds is 4. The molecule has 0 bridgehead atoms. The molecule has 0 radical (unpaired) electrons. The number of hydrogen-bond acceptors (Lipinski definition) is 4. The summed E-state index contributed by atoms with van der Waals surface area (Å²) in [5.74, 6) is -0.0994. The Morgan fingerprint density at radius 3 is 2.44 bits per heavy atom. The second kappa shape index (κ2) is 9.98. The van der Waals surface area contributed by atoms with Crippen LogP contribution in [-0.2, 0) is 5.41 Å². The summed E-state index contributed by atoms with van der Waals surface area (Å²) in [6, 6.07) is 17.1. The van der Waals surface area contributed by atoms with Gasteiger partial charge in [-0.15, -0.1) is 0 Å². The fourth-order valence-corrected chi connectivity index (χ4v) is 7.06. The van der Waals surface area contributed by atoms with E-state index in [0.29, 0.717) is 16.1 Å². The summed E-state index contributed by atoms with van der Waals surface area (Å²) in [6.07, 6.45) is 7.70. The quantitative estimate of drug-likeness (QED) is 0.438. The standard InChI is InChI=1S/C32H35ClN4O2/c1-31(2)20-28(35-29(38)24-5-3-4-6-27(24)33)25-19-22(7-8-26(25)31)30(39)37-18-13-32(21-37)11-16-36(17-12-32)23-9-14-34-15-10-23/h3-10,14-15,19,28H,11-13,16-18,20-21H2,1-2H3,(H,35,38). The van der Waals surface area contributed by atoms with Crippen LogP contribution in [0.15, 0.2) is 67.0 Å². The molecule has 2 amide bonds. The van der Waals surface area contributed by atoms with Crippen LogP contribution in [-0.4, -0.2) is 47.9 Å².